The van der Waals surface area contributed by atoms with Crippen LogP contribution in [0.4, 0.5) is 9.18 Å². The molecule has 1 amide bonds. The summed E-state index contributed by atoms with van der Waals surface area (Å²) in [6.07, 6.45) is 0.150. The van der Waals surface area contributed by atoms with Crippen molar-refractivity contribution in [1.29, 1.82) is 0 Å². The van der Waals surface area contributed by atoms with Crippen molar-refractivity contribution in [2.75, 3.05) is 6.54 Å². The van der Waals surface area contributed by atoms with Crippen molar-refractivity contribution < 1.29 is 13.9 Å². The summed E-state index contributed by atoms with van der Waals surface area (Å²) in [7, 11) is 0. The van der Waals surface area contributed by atoms with E-state index in [0.29, 0.717) is 18.7 Å². The molecule has 0 bridgehead atoms. The zero-order valence-electron chi connectivity index (χ0n) is 12.8. The Morgan fingerprint density at radius 2 is 1.82 bits per heavy atom. The number of halogens is 1. The molecule has 0 atom stereocenters. The zero-order valence-corrected chi connectivity index (χ0v) is 12.8. The number of rotatable bonds is 5. The van der Waals surface area contributed by atoms with Crippen LogP contribution in [0.25, 0.3) is 0 Å². The van der Waals surface area contributed by atoms with Crippen LogP contribution >= 0.6 is 0 Å². The van der Waals surface area contributed by atoms with Crippen LogP contribution in [0.5, 0.6) is 5.75 Å². The van der Waals surface area contributed by atoms with E-state index in [1.807, 2.05) is 18.2 Å². The van der Waals surface area contributed by atoms with Crippen molar-refractivity contribution in [3.63, 3.8) is 0 Å². The number of benzene rings is 2. The van der Waals surface area contributed by atoms with E-state index < -0.39 is 6.09 Å². The molecule has 0 aliphatic rings. The first kappa shape index (κ1) is 16.0. The van der Waals surface area contributed by atoms with E-state index in [1.54, 1.807) is 18.2 Å². The maximum Gasteiger partial charge on any atom is 0.412 e. The molecule has 0 aromatic heterocycles. The molecule has 0 aliphatic heterocycles. The standard InChI is InChI=1S/C18H20FNO2/c1-13(2)16-5-3-4-6-17(16)22-18(21)20-12-11-14-7-9-15(19)10-8-14/h3-10,13H,11-12H2,1-2H3,(H,20,21). The molecule has 22 heavy (non-hydrogen) atoms. The fourth-order valence-electron chi connectivity index (χ4n) is 2.15. The van der Waals surface area contributed by atoms with Gasteiger partial charge in [0.25, 0.3) is 0 Å². The highest BCUT2D eigenvalue weighted by Crippen LogP contribution is 2.25. The van der Waals surface area contributed by atoms with E-state index in [4.69, 9.17) is 4.74 Å². The van der Waals surface area contributed by atoms with Crippen molar-refractivity contribution in [1.82, 2.24) is 5.32 Å². The molecule has 116 valence electrons. The van der Waals surface area contributed by atoms with Gasteiger partial charge in [0.15, 0.2) is 0 Å². The fourth-order valence-corrected chi connectivity index (χ4v) is 2.15. The van der Waals surface area contributed by atoms with Crippen molar-refractivity contribution in [2.24, 2.45) is 0 Å². The van der Waals surface area contributed by atoms with Crippen LogP contribution in [-0.2, 0) is 6.42 Å². The number of hydrogen-bond donors (Lipinski definition) is 1. The maximum atomic E-state index is 12.8. The van der Waals surface area contributed by atoms with Gasteiger partial charge in [0.1, 0.15) is 11.6 Å². The highest BCUT2D eigenvalue weighted by Gasteiger charge is 2.10. The molecule has 0 heterocycles. The molecule has 4 heteroatoms. The molecule has 0 aliphatic carbocycles. The van der Waals surface area contributed by atoms with E-state index in [-0.39, 0.29) is 11.7 Å². The van der Waals surface area contributed by atoms with Gasteiger partial charge < -0.3 is 10.1 Å². The lowest BCUT2D eigenvalue weighted by atomic mass is 10.0. The summed E-state index contributed by atoms with van der Waals surface area (Å²) >= 11 is 0. The lowest BCUT2D eigenvalue weighted by molar-refractivity contribution is 0.200. The second-order valence-corrected chi connectivity index (χ2v) is 5.39. The Bertz CT molecular complexity index is 623. The predicted octanol–water partition coefficient (Wildman–Crippen LogP) is 4.28. The van der Waals surface area contributed by atoms with Gasteiger partial charge in [-0.1, -0.05) is 44.2 Å². The molecular formula is C18H20FNO2. The normalized spacial score (nSPS) is 10.5. The number of hydrogen-bond acceptors (Lipinski definition) is 2. The maximum absolute atomic E-state index is 12.8. The quantitative estimate of drug-likeness (QED) is 0.895. The summed E-state index contributed by atoms with van der Waals surface area (Å²) in [5, 5.41) is 2.71. The molecule has 1 N–H and O–H groups in total. The summed E-state index contributed by atoms with van der Waals surface area (Å²) < 4.78 is 18.1. The molecule has 0 saturated carbocycles. The molecule has 2 rings (SSSR count). The van der Waals surface area contributed by atoms with Crippen LogP contribution in [0.15, 0.2) is 48.5 Å². The van der Waals surface area contributed by atoms with Gasteiger partial charge in [-0.2, -0.15) is 0 Å². The van der Waals surface area contributed by atoms with E-state index in [0.717, 1.165) is 11.1 Å². The molecule has 0 spiro atoms. The molecule has 0 unspecified atom stereocenters. The van der Waals surface area contributed by atoms with Crippen LogP contribution in [0.2, 0.25) is 0 Å². The molecule has 2 aromatic rings. The van der Waals surface area contributed by atoms with Crippen LogP contribution in [0.3, 0.4) is 0 Å². The van der Waals surface area contributed by atoms with Gasteiger partial charge >= 0.3 is 6.09 Å². The monoisotopic (exact) mass is 301 g/mol. The molecule has 3 nitrogen and oxygen atoms in total. The van der Waals surface area contributed by atoms with E-state index in [1.165, 1.54) is 12.1 Å². The molecular weight excluding hydrogens is 281 g/mol. The van der Waals surface area contributed by atoms with Gasteiger partial charge in [-0.05, 0) is 41.7 Å². The Balaban J connectivity index is 1.84. The Morgan fingerprint density at radius 1 is 1.14 bits per heavy atom. The van der Waals surface area contributed by atoms with Crippen LogP contribution in [-0.4, -0.2) is 12.6 Å². The number of amides is 1. The minimum Gasteiger partial charge on any atom is -0.410 e. The number of carbonyl (C=O) groups is 1. The number of ether oxygens (including phenoxy) is 1. The summed E-state index contributed by atoms with van der Waals surface area (Å²) in [6.45, 7) is 4.54. The third-order valence-corrected chi connectivity index (χ3v) is 3.34. The first-order valence-corrected chi connectivity index (χ1v) is 7.35. The Hall–Kier alpha value is -2.36. The van der Waals surface area contributed by atoms with Crippen molar-refractivity contribution in [3.8, 4) is 5.75 Å². The van der Waals surface area contributed by atoms with Crippen molar-refractivity contribution in [2.45, 2.75) is 26.2 Å². The summed E-state index contributed by atoms with van der Waals surface area (Å²) in [4.78, 5) is 11.8. The summed E-state index contributed by atoms with van der Waals surface area (Å²) in [5.74, 6) is 0.599. The van der Waals surface area contributed by atoms with Crippen molar-refractivity contribution >= 4 is 6.09 Å². The van der Waals surface area contributed by atoms with Gasteiger partial charge in [-0.3, -0.25) is 0 Å². The average molecular weight is 301 g/mol. The number of nitrogens with one attached hydrogen (secondary N) is 1. The third kappa shape index (κ3) is 4.58. The number of carbonyl (C=O) groups excluding carboxylic acids is 1. The lowest BCUT2D eigenvalue weighted by Crippen LogP contribution is -2.29. The Labute approximate surface area is 130 Å². The SMILES string of the molecule is CC(C)c1ccccc1OC(=O)NCCc1ccc(F)cc1. The second-order valence-electron chi connectivity index (χ2n) is 5.39. The third-order valence-electron chi connectivity index (χ3n) is 3.34. The van der Waals surface area contributed by atoms with Crippen LogP contribution in [0, 0.1) is 5.82 Å². The van der Waals surface area contributed by atoms with Gasteiger partial charge in [0.2, 0.25) is 0 Å². The number of para-hydroxylation sites is 1. The minimum absolute atomic E-state index is 0.263. The molecule has 0 radical (unpaired) electrons. The van der Waals surface area contributed by atoms with Gasteiger partial charge in [-0.15, -0.1) is 0 Å². The van der Waals surface area contributed by atoms with E-state index in [2.05, 4.69) is 19.2 Å². The molecule has 2 aromatic carbocycles. The van der Waals surface area contributed by atoms with Gasteiger partial charge in [0.05, 0.1) is 0 Å². The Kier molecular flexibility index (Phi) is 5.53. The topological polar surface area (TPSA) is 38.3 Å². The molecule has 0 fully saturated rings. The fraction of sp³-hybridized carbons (Fsp3) is 0.278. The largest absolute Gasteiger partial charge is 0.412 e. The first-order valence-electron chi connectivity index (χ1n) is 7.35. The lowest BCUT2D eigenvalue weighted by Gasteiger charge is -2.13. The van der Waals surface area contributed by atoms with Crippen LogP contribution < -0.4 is 10.1 Å². The van der Waals surface area contributed by atoms with E-state index in [9.17, 15) is 9.18 Å². The van der Waals surface area contributed by atoms with Crippen LogP contribution in [0.1, 0.15) is 30.9 Å². The minimum atomic E-state index is -0.477. The van der Waals surface area contributed by atoms with Gasteiger partial charge in [0, 0.05) is 6.54 Å². The van der Waals surface area contributed by atoms with Gasteiger partial charge in [-0.25, -0.2) is 9.18 Å². The summed E-state index contributed by atoms with van der Waals surface area (Å²) in [6, 6.07) is 13.7. The zero-order chi connectivity index (χ0) is 15.9. The highest BCUT2D eigenvalue weighted by molar-refractivity contribution is 5.70. The van der Waals surface area contributed by atoms with Crippen molar-refractivity contribution in [3.05, 3.63) is 65.5 Å². The average Bonchev–Trinajstić information content (AvgIpc) is 2.49. The smallest absolute Gasteiger partial charge is 0.410 e. The Morgan fingerprint density at radius 3 is 2.50 bits per heavy atom. The first-order chi connectivity index (χ1) is 10.6. The van der Waals surface area contributed by atoms with E-state index >= 15 is 0 Å². The highest BCUT2D eigenvalue weighted by atomic mass is 19.1. The second kappa shape index (κ2) is 7.59. The molecule has 0 saturated heterocycles. The summed E-state index contributed by atoms with van der Waals surface area (Å²) in [5.41, 5.74) is 1.96. The predicted molar refractivity (Wildman–Crippen MR) is 84.7 cm³/mol.